The van der Waals surface area contributed by atoms with E-state index < -0.39 is 0 Å². The van der Waals surface area contributed by atoms with Crippen LogP contribution < -0.4 is 16.0 Å². The van der Waals surface area contributed by atoms with E-state index in [2.05, 4.69) is 36.9 Å². The SMILES string of the molecule is CCCNc1ncc(Br)cc1C(=O)NCC(=O)NC. The van der Waals surface area contributed by atoms with Gasteiger partial charge in [-0.3, -0.25) is 9.59 Å². The fourth-order valence-electron chi connectivity index (χ4n) is 1.34. The van der Waals surface area contributed by atoms with Crippen molar-refractivity contribution in [2.75, 3.05) is 25.5 Å². The topological polar surface area (TPSA) is 83.1 Å². The minimum absolute atomic E-state index is 0.0605. The van der Waals surface area contributed by atoms with Crippen LogP contribution in [0.4, 0.5) is 5.82 Å². The number of rotatable bonds is 6. The smallest absolute Gasteiger partial charge is 0.255 e. The zero-order valence-corrected chi connectivity index (χ0v) is 12.5. The van der Waals surface area contributed by atoms with Crippen LogP contribution in [0.15, 0.2) is 16.7 Å². The Morgan fingerprint density at radius 2 is 2.16 bits per heavy atom. The number of hydrogen-bond acceptors (Lipinski definition) is 4. The van der Waals surface area contributed by atoms with Crippen LogP contribution in [0, 0.1) is 0 Å². The minimum Gasteiger partial charge on any atom is -0.369 e. The molecule has 0 aromatic carbocycles. The summed E-state index contributed by atoms with van der Waals surface area (Å²) in [5.74, 6) is -0.0742. The molecular weight excluding hydrogens is 312 g/mol. The maximum atomic E-state index is 12.0. The first-order valence-corrected chi connectivity index (χ1v) is 6.76. The van der Waals surface area contributed by atoms with Gasteiger partial charge in [0, 0.05) is 24.3 Å². The van der Waals surface area contributed by atoms with E-state index in [0.717, 1.165) is 13.0 Å². The fourth-order valence-corrected chi connectivity index (χ4v) is 1.67. The third-order valence-electron chi connectivity index (χ3n) is 2.33. The van der Waals surface area contributed by atoms with Crippen LogP contribution in [0.5, 0.6) is 0 Å². The van der Waals surface area contributed by atoms with Gasteiger partial charge in [-0.05, 0) is 28.4 Å². The molecule has 0 aliphatic rings. The standard InChI is InChI=1S/C12H17BrN4O2/c1-3-4-15-11-9(5-8(13)6-16-11)12(19)17-7-10(18)14-2/h5-6H,3-4,7H2,1-2H3,(H,14,18)(H,15,16)(H,17,19). The Hall–Kier alpha value is -1.63. The van der Waals surface area contributed by atoms with E-state index in [1.807, 2.05) is 6.92 Å². The van der Waals surface area contributed by atoms with Crippen molar-refractivity contribution in [2.24, 2.45) is 0 Å². The van der Waals surface area contributed by atoms with Crippen molar-refractivity contribution in [1.82, 2.24) is 15.6 Å². The van der Waals surface area contributed by atoms with Gasteiger partial charge < -0.3 is 16.0 Å². The van der Waals surface area contributed by atoms with Gasteiger partial charge in [-0.1, -0.05) is 6.92 Å². The Kier molecular flexibility index (Phi) is 6.27. The van der Waals surface area contributed by atoms with Crippen molar-refractivity contribution >= 4 is 33.6 Å². The van der Waals surface area contributed by atoms with E-state index in [4.69, 9.17) is 0 Å². The number of likely N-dealkylation sites (N-methyl/N-ethyl adjacent to an activating group) is 1. The number of hydrogen-bond donors (Lipinski definition) is 3. The first kappa shape index (κ1) is 15.4. The monoisotopic (exact) mass is 328 g/mol. The lowest BCUT2D eigenvalue weighted by molar-refractivity contribution is -0.119. The van der Waals surface area contributed by atoms with E-state index in [1.165, 1.54) is 7.05 Å². The molecule has 0 saturated heterocycles. The number of nitrogens with one attached hydrogen (secondary N) is 3. The van der Waals surface area contributed by atoms with Crippen LogP contribution >= 0.6 is 15.9 Å². The second kappa shape index (κ2) is 7.73. The second-order valence-electron chi connectivity index (χ2n) is 3.83. The van der Waals surface area contributed by atoms with Crippen LogP contribution in [0.2, 0.25) is 0 Å². The molecule has 3 N–H and O–H groups in total. The molecule has 2 amide bonds. The molecule has 19 heavy (non-hydrogen) atoms. The zero-order valence-electron chi connectivity index (χ0n) is 10.9. The van der Waals surface area contributed by atoms with Gasteiger partial charge in [0.25, 0.3) is 5.91 Å². The summed E-state index contributed by atoms with van der Waals surface area (Å²) in [5.41, 5.74) is 0.409. The highest BCUT2D eigenvalue weighted by Crippen LogP contribution is 2.17. The summed E-state index contributed by atoms with van der Waals surface area (Å²) >= 11 is 3.28. The van der Waals surface area contributed by atoms with Gasteiger partial charge in [-0.15, -0.1) is 0 Å². The summed E-state index contributed by atoms with van der Waals surface area (Å²) in [5, 5.41) is 8.06. The summed E-state index contributed by atoms with van der Waals surface area (Å²) < 4.78 is 0.708. The molecule has 7 heteroatoms. The molecular formula is C12H17BrN4O2. The van der Waals surface area contributed by atoms with Gasteiger partial charge >= 0.3 is 0 Å². The molecule has 0 bridgehead atoms. The Morgan fingerprint density at radius 1 is 1.42 bits per heavy atom. The molecule has 104 valence electrons. The lowest BCUT2D eigenvalue weighted by atomic mass is 10.2. The van der Waals surface area contributed by atoms with Crippen LogP contribution in [0.1, 0.15) is 23.7 Å². The highest BCUT2D eigenvalue weighted by Gasteiger charge is 2.13. The van der Waals surface area contributed by atoms with Crippen LogP contribution in [0.25, 0.3) is 0 Å². The molecule has 1 aromatic rings. The molecule has 0 unspecified atom stereocenters. The van der Waals surface area contributed by atoms with Gasteiger partial charge in [0.1, 0.15) is 5.82 Å². The quantitative estimate of drug-likeness (QED) is 0.731. The summed E-state index contributed by atoms with van der Waals surface area (Å²) in [4.78, 5) is 27.3. The van der Waals surface area contributed by atoms with Gasteiger partial charge in [0.15, 0.2) is 0 Å². The fraction of sp³-hybridized carbons (Fsp3) is 0.417. The van der Waals surface area contributed by atoms with E-state index in [-0.39, 0.29) is 18.4 Å². The van der Waals surface area contributed by atoms with Gasteiger partial charge in [-0.25, -0.2) is 4.98 Å². The average molecular weight is 329 g/mol. The second-order valence-corrected chi connectivity index (χ2v) is 4.75. The molecule has 0 saturated carbocycles. The predicted octanol–water partition coefficient (Wildman–Crippen LogP) is 1.14. The molecule has 0 aliphatic heterocycles. The number of nitrogens with zero attached hydrogens (tertiary/aromatic N) is 1. The molecule has 0 atom stereocenters. The third kappa shape index (κ3) is 4.86. The number of aromatic nitrogens is 1. The molecule has 1 heterocycles. The first-order chi connectivity index (χ1) is 9.08. The number of pyridine rings is 1. The largest absolute Gasteiger partial charge is 0.369 e. The predicted molar refractivity (Wildman–Crippen MR) is 77.1 cm³/mol. The van der Waals surface area contributed by atoms with Crippen molar-refractivity contribution in [3.05, 3.63) is 22.3 Å². The van der Waals surface area contributed by atoms with E-state index in [0.29, 0.717) is 15.9 Å². The lowest BCUT2D eigenvalue weighted by Gasteiger charge is -2.11. The van der Waals surface area contributed by atoms with Gasteiger partial charge in [-0.2, -0.15) is 0 Å². The van der Waals surface area contributed by atoms with Crippen molar-refractivity contribution < 1.29 is 9.59 Å². The third-order valence-corrected chi connectivity index (χ3v) is 2.76. The summed E-state index contributed by atoms with van der Waals surface area (Å²) in [6.45, 7) is 2.69. The number of anilines is 1. The van der Waals surface area contributed by atoms with Crippen molar-refractivity contribution in [3.63, 3.8) is 0 Å². The van der Waals surface area contributed by atoms with Crippen molar-refractivity contribution in [3.8, 4) is 0 Å². The maximum absolute atomic E-state index is 12.0. The molecule has 0 aliphatic carbocycles. The van der Waals surface area contributed by atoms with Crippen LogP contribution in [-0.4, -0.2) is 36.9 Å². The Labute approximate surface area is 120 Å². The summed E-state index contributed by atoms with van der Waals surface area (Å²) in [6, 6.07) is 1.67. The number of carbonyl (C=O) groups excluding carboxylic acids is 2. The Morgan fingerprint density at radius 3 is 2.79 bits per heavy atom. The van der Waals surface area contributed by atoms with E-state index >= 15 is 0 Å². The molecule has 1 rings (SSSR count). The normalized spacial score (nSPS) is 9.84. The zero-order chi connectivity index (χ0) is 14.3. The number of halogens is 1. The Bertz CT molecular complexity index is 465. The summed E-state index contributed by atoms with van der Waals surface area (Å²) in [7, 11) is 1.52. The lowest BCUT2D eigenvalue weighted by Crippen LogP contribution is -2.35. The molecule has 0 radical (unpaired) electrons. The average Bonchev–Trinajstić information content (AvgIpc) is 2.42. The van der Waals surface area contributed by atoms with Gasteiger partial charge in [0.05, 0.1) is 12.1 Å². The highest BCUT2D eigenvalue weighted by atomic mass is 79.9. The van der Waals surface area contributed by atoms with Crippen molar-refractivity contribution in [1.29, 1.82) is 0 Å². The number of carbonyl (C=O) groups is 2. The molecule has 0 spiro atoms. The Balaban J connectivity index is 2.81. The molecule has 0 fully saturated rings. The first-order valence-electron chi connectivity index (χ1n) is 5.96. The van der Waals surface area contributed by atoms with Crippen LogP contribution in [-0.2, 0) is 4.79 Å². The number of amides is 2. The van der Waals surface area contributed by atoms with E-state index in [1.54, 1.807) is 12.3 Å². The highest BCUT2D eigenvalue weighted by molar-refractivity contribution is 9.10. The summed E-state index contributed by atoms with van der Waals surface area (Å²) in [6.07, 6.45) is 2.55. The van der Waals surface area contributed by atoms with Crippen LogP contribution in [0.3, 0.4) is 0 Å². The van der Waals surface area contributed by atoms with Crippen molar-refractivity contribution in [2.45, 2.75) is 13.3 Å². The van der Waals surface area contributed by atoms with Gasteiger partial charge in [0.2, 0.25) is 5.91 Å². The molecule has 1 aromatic heterocycles. The maximum Gasteiger partial charge on any atom is 0.255 e. The van der Waals surface area contributed by atoms with E-state index in [9.17, 15) is 9.59 Å². The minimum atomic E-state index is -0.337. The molecule has 6 nitrogen and oxygen atoms in total.